The second-order valence-corrected chi connectivity index (χ2v) is 9.22. The SMILES string of the molecule is CCCS(=O)(=O)CC(O)(C(=O)Nc1ccc(C#N)c(C(F)(F)F)c1)c1ccc(Cl)nc1. The average Bonchev–Trinajstić information content (AvgIpc) is 2.67. The minimum atomic E-state index is -4.87. The first-order valence-corrected chi connectivity index (χ1v) is 11.0. The van der Waals surface area contributed by atoms with Crippen LogP contribution in [0.5, 0.6) is 0 Å². The van der Waals surface area contributed by atoms with Gasteiger partial charge in [0.2, 0.25) is 0 Å². The Morgan fingerprint density at radius 2 is 1.97 bits per heavy atom. The molecule has 1 unspecified atom stereocenters. The fourth-order valence-electron chi connectivity index (χ4n) is 2.79. The number of rotatable bonds is 7. The van der Waals surface area contributed by atoms with E-state index in [-0.39, 0.29) is 28.6 Å². The summed E-state index contributed by atoms with van der Waals surface area (Å²) in [5.74, 6) is -2.63. The van der Waals surface area contributed by atoms with Crippen molar-refractivity contribution in [3.05, 3.63) is 58.4 Å². The van der Waals surface area contributed by atoms with Gasteiger partial charge in [0.15, 0.2) is 15.4 Å². The lowest BCUT2D eigenvalue weighted by Gasteiger charge is -2.27. The summed E-state index contributed by atoms with van der Waals surface area (Å²) in [5, 5.41) is 22.0. The van der Waals surface area contributed by atoms with Crippen LogP contribution in [0.3, 0.4) is 0 Å². The number of halogens is 4. The molecule has 2 aromatic rings. The number of alkyl halides is 3. The van der Waals surface area contributed by atoms with Crippen LogP contribution in [0.1, 0.15) is 30.0 Å². The topological polar surface area (TPSA) is 120 Å². The molecule has 0 saturated carbocycles. The first-order valence-electron chi connectivity index (χ1n) is 8.80. The molecule has 0 fully saturated rings. The molecule has 1 atom stereocenters. The third-order valence-electron chi connectivity index (χ3n) is 4.23. The quantitative estimate of drug-likeness (QED) is 0.593. The number of anilines is 1. The molecule has 166 valence electrons. The highest BCUT2D eigenvalue weighted by atomic mass is 35.5. The maximum absolute atomic E-state index is 13.2. The summed E-state index contributed by atoms with van der Waals surface area (Å²) in [6.07, 6.45) is -3.64. The number of nitrogens with one attached hydrogen (secondary N) is 1. The molecule has 0 aliphatic carbocycles. The maximum Gasteiger partial charge on any atom is 0.417 e. The van der Waals surface area contributed by atoms with Gasteiger partial charge < -0.3 is 10.4 Å². The Morgan fingerprint density at radius 3 is 2.48 bits per heavy atom. The smallest absolute Gasteiger partial charge is 0.374 e. The van der Waals surface area contributed by atoms with E-state index in [4.69, 9.17) is 16.9 Å². The Kier molecular flexibility index (Phi) is 7.31. The monoisotopic (exact) mass is 475 g/mol. The Balaban J connectivity index is 2.49. The standard InChI is InChI=1S/C19H17ClF3N3O4S/c1-2-7-31(29,30)11-18(28,13-4-6-16(20)25-10-13)17(27)26-14-5-3-12(9-24)15(8-14)19(21,22)23/h3-6,8,10,28H,2,7,11H2,1H3,(H,26,27). The molecule has 7 nitrogen and oxygen atoms in total. The summed E-state index contributed by atoms with van der Waals surface area (Å²) >= 11 is 5.70. The normalized spacial score (nSPS) is 13.8. The summed E-state index contributed by atoms with van der Waals surface area (Å²) in [5.41, 5.74) is -5.20. The van der Waals surface area contributed by atoms with Gasteiger partial charge in [-0.1, -0.05) is 24.6 Å². The maximum atomic E-state index is 13.2. The van der Waals surface area contributed by atoms with E-state index in [0.717, 1.165) is 18.3 Å². The number of hydrogen-bond acceptors (Lipinski definition) is 6. The van der Waals surface area contributed by atoms with Crippen molar-refractivity contribution in [3.63, 3.8) is 0 Å². The lowest BCUT2D eigenvalue weighted by Crippen LogP contribution is -2.46. The summed E-state index contributed by atoms with van der Waals surface area (Å²) in [4.78, 5) is 16.6. The third kappa shape index (κ3) is 5.94. The zero-order valence-corrected chi connectivity index (χ0v) is 17.6. The van der Waals surface area contributed by atoms with Crippen LogP contribution < -0.4 is 5.32 Å². The number of amides is 1. The van der Waals surface area contributed by atoms with Gasteiger partial charge in [-0.05, 0) is 30.7 Å². The highest BCUT2D eigenvalue weighted by Crippen LogP contribution is 2.34. The van der Waals surface area contributed by atoms with Crippen molar-refractivity contribution in [2.75, 3.05) is 16.8 Å². The van der Waals surface area contributed by atoms with Crippen molar-refractivity contribution in [2.45, 2.75) is 25.1 Å². The van der Waals surface area contributed by atoms with Crippen molar-refractivity contribution in [1.29, 1.82) is 5.26 Å². The molecule has 0 bridgehead atoms. The van der Waals surface area contributed by atoms with E-state index in [0.29, 0.717) is 6.07 Å². The van der Waals surface area contributed by atoms with Crippen LogP contribution in [0.2, 0.25) is 5.15 Å². The van der Waals surface area contributed by atoms with Gasteiger partial charge in [-0.25, -0.2) is 13.4 Å². The second-order valence-electron chi connectivity index (χ2n) is 6.65. The van der Waals surface area contributed by atoms with Crippen LogP contribution in [0, 0.1) is 11.3 Å². The van der Waals surface area contributed by atoms with Gasteiger partial charge in [-0.15, -0.1) is 0 Å². The number of pyridine rings is 1. The fraction of sp³-hybridized carbons (Fsp3) is 0.316. The van der Waals surface area contributed by atoms with Crippen LogP contribution in [0.15, 0.2) is 36.5 Å². The van der Waals surface area contributed by atoms with Gasteiger partial charge >= 0.3 is 6.18 Å². The first-order chi connectivity index (χ1) is 14.3. The number of aliphatic hydroxyl groups is 1. The molecule has 0 spiro atoms. The van der Waals surface area contributed by atoms with E-state index >= 15 is 0 Å². The van der Waals surface area contributed by atoms with E-state index in [2.05, 4.69) is 10.3 Å². The van der Waals surface area contributed by atoms with Crippen molar-refractivity contribution in [1.82, 2.24) is 4.98 Å². The minimum absolute atomic E-state index is 0.0184. The molecular formula is C19H17ClF3N3O4S. The van der Waals surface area contributed by atoms with Gasteiger partial charge in [-0.2, -0.15) is 18.4 Å². The number of carbonyl (C=O) groups is 1. The lowest BCUT2D eigenvalue weighted by molar-refractivity contribution is -0.138. The van der Waals surface area contributed by atoms with Gasteiger partial charge in [0, 0.05) is 17.4 Å². The van der Waals surface area contributed by atoms with Gasteiger partial charge in [0.25, 0.3) is 5.91 Å². The molecule has 0 aliphatic heterocycles. The van der Waals surface area contributed by atoms with E-state index in [1.807, 2.05) is 0 Å². The molecule has 31 heavy (non-hydrogen) atoms. The predicted octanol–water partition coefficient (Wildman–Crippen LogP) is 3.28. The number of benzene rings is 1. The fourth-order valence-corrected chi connectivity index (χ4v) is 4.60. The molecule has 1 amide bonds. The number of aromatic nitrogens is 1. The molecule has 12 heteroatoms. The first kappa shape index (κ1) is 24.6. The van der Waals surface area contributed by atoms with Crippen molar-refractivity contribution < 1.29 is 31.5 Å². The van der Waals surface area contributed by atoms with Crippen LogP contribution >= 0.6 is 11.6 Å². The summed E-state index contributed by atoms with van der Waals surface area (Å²) in [6.45, 7) is 1.59. The number of carbonyl (C=O) groups excluding carboxylic acids is 1. The molecular weight excluding hydrogens is 459 g/mol. The van der Waals surface area contributed by atoms with E-state index in [1.54, 1.807) is 6.92 Å². The minimum Gasteiger partial charge on any atom is -0.374 e. The Bertz CT molecular complexity index is 1120. The highest BCUT2D eigenvalue weighted by molar-refractivity contribution is 7.91. The van der Waals surface area contributed by atoms with Crippen LogP contribution in [0.25, 0.3) is 0 Å². The van der Waals surface area contributed by atoms with Crippen molar-refractivity contribution in [2.24, 2.45) is 0 Å². The molecule has 0 aliphatic rings. The molecule has 2 rings (SSSR count). The van der Waals surface area contributed by atoms with E-state index < -0.39 is 44.4 Å². The lowest BCUT2D eigenvalue weighted by atomic mass is 9.96. The van der Waals surface area contributed by atoms with E-state index in [1.165, 1.54) is 18.2 Å². The third-order valence-corrected chi connectivity index (χ3v) is 6.34. The Labute approximate surface area is 181 Å². The average molecular weight is 476 g/mol. The predicted molar refractivity (Wildman–Crippen MR) is 107 cm³/mol. The number of nitrogens with zero attached hydrogens (tertiary/aromatic N) is 2. The van der Waals surface area contributed by atoms with Crippen molar-refractivity contribution >= 4 is 33.0 Å². The molecule has 0 saturated heterocycles. The Hall–Kier alpha value is -2.68. The summed E-state index contributed by atoms with van der Waals surface area (Å²) in [7, 11) is -3.92. The number of sulfone groups is 1. The number of hydrogen-bond donors (Lipinski definition) is 2. The molecule has 2 N–H and O–H groups in total. The number of nitriles is 1. The second kappa shape index (κ2) is 9.21. The molecule has 1 aromatic heterocycles. The van der Waals surface area contributed by atoms with Crippen LogP contribution in [0.4, 0.5) is 18.9 Å². The Morgan fingerprint density at radius 1 is 1.29 bits per heavy atom. The molecule has 1 aromatic carbocycles. The highest BCUT2D eigenvalue weighted by Gasteiger charge is 2.43. The zero-order valence-electron chi connectivity index (χ0n) is 16.1. The van der Waals surface area contributed by atoms with E-state index in [9.17, 15) is 31.5 Å². The summed E-state index contributed by atoms with van der Waals surface area (Å²) < 4.78 is 64.2. The molecule has 0 radical (unpaired) electrons. The van der Waals surface area contributed by atoms with Crippen molar-refractivity contribution in [3.8, 4) is 6.07 Å². The van der Waals surface area contributed by atoms with Gasteiger partial charge in [0.1, 0.15) is 5.15 Å². The molecule has 1 heterocycles. The van der Waals surface area contributed by atoms with Gasteiger partial charge in [-0.3, -0.25) is 4.79 Å². The zero-order chi connectivity index (χ0) is 23.4. The largest absolute Gasteiger partial charge is 0.417 e. The summed E-state index contributed by atoms with van der Waals surface area (Å²) in [6, 6.07) is 6.24. The van der Waals surface area contributed by atoms with Gasteiger partial charge in [0.05, 0.1) is 28.7 Å². The van der Waals surface area contributed by atoms with Crippen LogP contribution in [-0.2, 0) is 26.4 Å². The van der Waals surface area contributed by atoms with Crippen LogP contribution in [-0.4, -0.2) is 35.9 Å².